The minimum Gasteiger partial charge on any atom is -0.351 e. The molecule has 2 aromatic rings. The summed E-state index contributed by atoms with van der Waals surface area (Å²) in [6.45, 7) is 0. The summed E-state index contributed by atoms with van der Waals surface area (Å²) < 4.78 is 18.2. The Morgan fingerprint density at radius 2 is 1.61 bits per heavy atom. The standard InChI is InChI=1S/C24H28Cl2FN3O2S/c25-19-20(29-33-22(19)26)24(32)30(18-9-5-2-6-10-18)21(15-11-13-16(27)14-12-15)23(31)28-17-7-3-1-4-8-17/h11-14,17-18,21H,1-10H2,(H,28,31)/t21-/m1/s1. The molecular formula is C24H28Cl2FN3O2S. The molecule has 33 heavy (non-hydrogen) atoms. The van der Waals surface area contributed by atoms with E-state index in [0.717, 1.165) is 69.3 Å². The Bertz CT molecular complexity index is 973. The van der Waals surface area contributed by atoms with Crippen LogP contribution in [0.3, 0.4) is 0 Å². The van der Waals surface area contributed by atoms with Crippen LogP contribution in [0.4, 0.5) is 4.39 Å². The van der Waals surface area contributed by atoms with Gasteiger partial charge in [0.15, 0.2) is 5.69 Å². The molecule has 1 heterocycles. The van der Waals surface area contributed by atoms with Crippen molar-refractivity contribution < 1.29 is 14.0 Å². The first-order valence-electron chi connectivity index (χ1n) is 11.6. The van der Waals surface area contributed by atoms with Crippen LogP contribution >= 0.6 is 34.7 Å². The van der Waals surface area contributed by atoms with Gasteiger partial charge in [-0.3, -0.25) is 9.59 Å². The van der Waals surface area contributed by atoms with Crippen molar-refractivity contribution >= 4 is 46.5 Å². The number of aromatic nitrogens is 1. The summed E-state index contributed by atoms with van der Waals surface area (Å²) in [4.78, 5) is 29.2. The van der Waals surface area contributed by atoms with Gasteiger partial charge < -0.3 is 10.2 Å². The number of hydrogen-bond donors (Lipinski definition) is 1. The summed E-state index contributed by atoms with van der Waals surface area (Å²) in [5.41, 5.74) is 0.635. The summed E-state index contributed by atoms with van der Waals surface area (Å²) in [5, 5.41) is 3.28. The van der Waals surface area contributed by atoms with Crippen LogP contribution in [0.15, 0.2) is 24.3 Å². The first kappa shape index (κ1) is 24.4. The lowest BCUT2D eigenvalue weighted by Gasteiger charge is -2.40. The molecule has 0 radical (unpaired) electrons. The van der Waals surface area contributed by atoms with Gasteiger partial charge in [0.05, 0.1) is 0 Å². The lowest BCUT2D eigenvalue weighted by atomic mass is 9.90. The molecule has 0 unspecified atom stereocenters. The topological polar surface area (TPSA) is 62.3 Å². The fourth-order valence-electron chi connectivity index (χ4n) is 4.98. The van der Waals surface area contributed by atoms with E-state index in [1.54, 1.807) is 17.0 Å². The van der Waals surface area contributed by atoms with Crippen LogP contribution in [0.25, 0.3) is 0 Å². The van der Waals surface area contributed by atoms with Crippen LogP contribution in [0.2, 0.25) is 9.36 Å². The predicted molar refractivity (Wildman–Crippen MR) is 129 cm³/mol. The van der Waals surface area contributed by atoms with Crippen LogP contribution in [-0.2, 0) is 4.79 Å². The van der Waals surface area contributed by atoms with E-state index in [0.29, 0.717) is 5.56 Å². The van der Waals surface area contributed by atoms with Crippen molar-refractivity contribution in [3.8, 4) is 0 Å². The Kier molecular flexibility index (Phi) is 8.25. The number of benzene rings is 1. The smallest absolute Gasteiger partial charge is 0.276 e. The van der Waals surface area contributed by atoms with Crippen molar-refractivity contribution in [2.75, 3.05) is 0 Å². The number of carbonyl (C=O) groups is 2. The van der Waals surface area contributed by atoms with Gasteiger partial charge in [0, 0.05) is 12.1 Å². The third-order valence-corrected chi connectivity index (χ3v) is 8.28. The SMILES string of the molecule is O=C(NC1CCCCC1)[C@@H](c1ccc(F)cc1)N(C(=O)c1nsc(Cl)c1Cl)C1CCCCC1. The van der Waals surface area contributed by atoms with Gasteiger partial charge >= 0.3 is 0 Å². The van der Waals surface area contributed by atoms with Crippen molar-refractivity contribution in [3.05, 3.63) is 50.7 Å². The van der Waals surface area contributed by atoms with Crippen molar-refractivity contribution in [1.82, 2.24) is 14.6 Å². The molecule has 1 aromatic heterocycles. The lowest BCUT2D eigenvalue weighted by Crippen LogP contribution is -2.51. The van der Waals surface area contributed by atoms with Gasteiger partial charge in [-0.1, -0.05) is 73.9 Å². The summed E-state index contributed by atoms with van der Waals surface area (Å²) >= 11 is 13.4. The summed E-state index contributed by atoms with van der Waals surface area (Å²) in [7, 11) is 0. The fraction of sp³-hybridized carbons (Fsp3) is 0.542. The second kappa shape index (κ2) is 11.2. The van der Waals surface area contributed by atoms with E-state index in [4.69, 9.17) is 23.2 Å². The number of rotatable bonds is 6. The van der Waals surface area contributed by atoms with Crippen LogP contribution in [0.5, 0.6) is 0 Å². The molecule has 2 saturated carbocycles. The minimum absolute atomic E-state index is 0.0646. The van der Waals surface area contributed by atoms with Gasteiger partial charge in [0.1, 0.15) is 21.2 Å². The number of nitrogens with zero attached hydrogens (tertiary/aromatic N) is 2. The Balaban J connectivity index is 1.74. The highest BCUT2D eigenvalue weighted by molar-refractivity contribution is 7.11. The van der Waals surface area contributed by atoms with Crippen LogP contribution < -0.4 is 5.32 Å². The quantitative estimate of drug-likeness (QED) is 0.477. The van der Waals surface area contributed by atoms with Gasteiger partial charge in [0.25, 0.3) is 5.91 Å². The maximum atomic E-state index is 13.8. The number of halogens is 3. The summed E-state index contributed by atoms with van der Waals surface area (Å²) in [5.74, 6) is -1.05. The summed E-state index contributed by atoms with van der Waals surface area (Å²) in [6, 6.07) is 4.85. The first-order chi connectivity index (χ1) is 16.0. The molecule has 1 aromatic carbocycles. The van der Waals surface area contributed by atoms with Crippen molar-refractivity contribution in [2.24, 2.45) is 0 Å². The highest BCUT2D eigenvalue weighted by Gasteiger charge is 2.39. The maximum absolute atomic E-state index is 13.8. The Labute approximate surface area is 207 Å². The highest BCUT2D eigenvalue weighted by atomic mass is 35.5. The monoisotopic (exact) mass is 511 g/mol. The predicted octanol–water partition coefficient (Wildman–Crippen LogP) is 6.55. The van der Waals surface area contributed by atoms with E-state index in [-0.39, 0.29) is 33.0 Å². The lowest BCUT2D eigenvalue weighted by molar-refractivity contribution is -0.127. The molecule has 1 atom stereocenters. The third-order valence-electron chi connectivity index (χ3n) is 6.67. The van der Waals surface area contributed by atoms with E-state index in [2.05, 4.69) is 9.69 Å². The zero-order chi connectivity index (χ0) is 23.4. The Morgan fingerprint density at radius 3 is 2.18 bits per heavy atom. The van der Waals surface area contributed by atoms with Crippen molar-refractivity contribution in [3.63, 3.8) is 0 Å². The molecule has 0 bridgehead atoms. The van der Waals surface area contributed by atoms with Gasteiger partial charge in [-0.2, -0.15) is 4.37 Å². The molecule has 9 heteroatoms. The average Bonchev–Trinajstić information content (AvgIpc) is 3.17. The minimum atomic E-state index is -0.903. The Hall–Kier alpha value is -1.70. The van der Waals surface area contributed by atoms with Gasteiger partial charge in [-0.25, -0.2) is 4.39 Å². The molecule has 0 aliphatic heterocycles. The molecule has 0 saturated heterocycles. The molecule has 1 N–H and O–H groups in total. The molecule has 2 amide bonds. The zero-order valence-corrected chi connectivity index (χ0v) is 20.7. The third kappa shape index (κ3) is 5.69. The molecule has 5 nitrogen and oxygen atoms in total. The first-order valence-corrected chi connectivity index (χ1v) is 13.2. The van der Waals surface area contributed by atoms with Gasteiger partial charge in [-0.05, 0) is 54.9 Å². The zero-order valence-electron chi connectivity index (χ0n) is 18.4. The van der Waals surface area contributed by atoms with E-state index in [9.17, 15) is 14.0 Å². The number of nitrogens with one attached hydrogen (secondary N) is 1. The van der Waals surface area contributed by atoms with E-state index >= 15 is 0 Å². The number of carbonyl (C=O) groups excluding carboxylic acids is 2. The Morgan fingerprint density at radius 1 is 1.00 bits per heavy atom. The van der Waals surface area contributed by atoms with Crippen LogP contribution in [0, 0.1) is 5.82 Å². The van der Waals surface area contributed by atoms with Crippen LogP contribution in [-0.4, -0.2) is 33.2 Å². The molecule has 0 spiro atoms. The molecule has 4 rings (SSSR count). The normalized spacial score (nSPS) is 18.6. The largest absolute Gasteiger partial charge is 0.351 e. The molecule has 178 valence electrons. The van der Waals surface area contributed by atoms with E-state index < -0.39 is 17.8 Å². The molecule has 2 aliphatic carbocycles. The number of amides is 2. The second-order valence-electron chi connectivity index (χ2n) is 8.92. The average molecular weight is 512 g/mol. The van der Waals surface area contributed by atoms with Crippen LogP contribution in [0.1, 0.15) is 86.3 Å². The number of hydrogen-bond acceptors (Lipinski definition) is 4. The fourth-order valence-corrected chi connectivity index (χ4v) is 5.97. The second-order valence-corrected chi connectivity index (χ2v) is 10.7. The summed E-state index contributed by atoms with van der Waals surface area (Å²) in [6.07, 6.45) is 9.78. The maximum Gasteiger partial charge on any atom is 0.276 e. The van der Waals surface area contributed by atoms with Gasteiger partial charge in [-0.15, -0.1) is 0 Å². The van der Waals surface area contributed by atoms with Crippen molar-refractivity contribution in [2.45, 2.75) is 82.3 Å². The van der Waals surface area contributed by atoms with E-state index in [1.807, 2.05) is 0 Å². The van der Waals surface area contributed by atoms with Crippen molar-refractivity contribution in [1.29, 1.82) is 0 Å². The molecule has 2 aliphatic rings. The molecular weight excluding hydrogens is 484 g/mol. The van der Waals surface area contributed by atoms with Gasteiger partial charge in [0.2, 0.25) is 5.91 Å². The van der Waals surface area contributed by atoms with E-state index in [1.165, 1.54) is 18.6 Å². The molecule has 2 fully saturated rings. The highest BCUT2D eigenvalue weighted by Crippen LogP contribution is 2.36.